The summed E-state index contributed by atoms with van der Waals surface area (Å²) in [5.74, 6) is 5.22. The lowest BCUT2D eigenvalue weighted by molar-refractivity contribution is -0.0355. The second-order valence-corrected chi connectivity index (χ2v) is 9.35. The van der Waals surface area contributed by atoms with E-state index in [2.05, 4.69) is 47.1 Å². The van der Waals surface area contributed by atoms with Gasteiger partial charge in [0.2, 0.25) is 0 Å². The first kappa shape index (κ1) is 15.2. The molecule has 0 spiro atoms. The minimum absolute atomic E-state index is 0.961. The standard InChI is InChI=1S/C22H27NS/c1-2-22(24-7-1)18-5-3-15(4-6-18)13-23-14-21-19-9-16-8-17(11-19)12-20(21)10-16/h1-7,16-17,19-21,23H,8-14H2. The molecule has 4 fully saturated rings. The van der Waals surface area contributed by atoms with E-state index in [9.17, 15) is 0 Å². The van der Waals surface area contributed by atoms with Crippen LogP contribution >= 0.6 is 11.3 Å². The van der Waals surface area contributed by atoms with Crippen LogP contribution in [0.3, 0.4) is 0 Å². The van der Waals surface area contributed by atoms with Crippen molar-refractivity contribution in [2.24, 2.45) is 29.6 Å². The highest BCUT2D eigenvalue weighted by Gasteiger charge is 2.47. The fourth-order valence-electron chi connectivity index (χ4n) is 5.98. The molecule has 1 N–H and O–H groups in total. The second kappa shape index (κ2) is 6.31. The van der Waals surface area contributed by atoms with Crippen molar-refractivity contribution >= 4 is 11.3 Å². The normalized spacial score (nSPS) is 33.9. The molecular formula is C22H27NS. The molecule has 4 bridgehead atoms. The van der Waals surface area contributed by atoms with Gasteiger partial charge < -0.3 is 5.32 Å². The molecule has 0 radical (unpaired) electrons. The molecule has 126 valence electrons. The maximum atomic E-state index is 3.79. The molecule has 4 aliphatic rings. The van der Waals surface area contributed by atoms with Gasteiger partial charge in [0, 0.05) is 11.4 Å². The van der Waals surface area contributed by atoms with Gasteiger partial charge in [0.05, 0.1) is 0 Å². The first-order valence-electron chi connectivity index (χ1n) is 9.68. The molecule has 0 amide bonds. The third kappa shape index (κ3) is 2.84. The molecule has 1 heterocycles. The molecule has 0 atom stereocenters. The molecule has 2 heteroatoms. The van der Waals surface area contributed by atoms with Crippen molar-refractivity contribution in [1.82, 2.24) is 5.32 Å². The quantitative estimate of drug-likeness (QED) is 0.751. The first-order chi connectivity index (χ1) is 11.8. The van der Waals surface area contributed by atoms with Gasteiger partial charge in [-0.05, 0) is 90.8 Å². The average Bonchev–Trinajstić information content (AvgIpc) is 3.12. The highest BCUT2D eigenvalue weighted by molar-refractivity contribution is 7.13. The van der Waals surface area contributed by atoms with Gasteiger partial charge in [0.15, 0.2) is 0 Å². The zero-order valence-corrected chi connectivity index (χ0v) is 15.1. The molecule has 1 nitrogen and oxygen atoms in total. The van der Waals surface area contributed by atoms with Crippen molar-refractivity contribution < 1.29 is 0 Å². The monoisotopic (exact) mass is 337 g/mol. The van der Waals surface area contributed by atoms with Gasteiger partial charge in [0.25, 0.3) is 0 Å². The maximum Gasteiger partial charge on any atom is 0.0342 e. The van der Waals surface area contributed by atoms with E-state index < -0.39 is 0 Å². The van der Waals surface area contributed by atoms with E-state index in [4.69, 9.17) is 0 Å². The second-order valence-electron chi connectivity index (χ2n) is 8.40. The van der Waals surface area contributed by atoms with E-state index in [1.807, 2.05) is 11.3 Å². The molecular weight excluding hydrogens is 310 g/mol. The van der Waals surface area contributed by atoms with Crippen LogP contribution in [0.25, 0.3) is 10.4 Å². The Morgan fingerprint density at radius 2 is 1.58 bits per heavy atom. The Labute approximate surface area is 149 Å². The van der Waals surface area contributed by atoms with Crippen LogP contribution in [0.5, 0.6) is 0 Å². The molecule has 0 saturated heterocycles. The molecule has 0 aliphatic heterocycles. The first-order valence-corrected chi connectivity index (χ1v) is 10.6. The molecule has 0 unspecified atom stereocenters. The highest BCUT2D eigenvalue weighted by atomic mass is 32.1. The Morgan fingerprint density at radius 1 is 0.875 bits per heavy atom. The van der Waals surface area contributed by atoms with Gasteiger partial charge in [-0.1, -0.05) is 30.3 Å². The third-order valence-electron chi connectivity index (χ3n) is 6.89. The van der Waals surface area contributed by atoms with Gasteiger partial charge in [-0.25, -0.2) is 0 Å². The van der Waals surface area contributed by atoms with Crippen LogP contribution < -0.4 is 5.32 Å². The van der Waals surface area contributed by atoms with Crippen molar-refractivity contribution in [3.63, 3.8) is 0 Å². The minimum Gasteiger partial charge on any atom is -0.312 e. The van der Waals surface area contributed by atoms with Crippen molar-refractivity contribution in [2.75, 3.05) is 6.54 Å². The summed E-state index contributed by atoms with van der Waals surface area (Å²) in [7, 11) is 0. The molecule has 1 aromatic heterocycles. The Hall–Kier alpha value is -1.12. The van der Waals surface area contributed by atoms with Crippen molar-refractivity contribution in [3.8, 4) is 10.4 Å². The fraction of sp³-hybridized carbons (Fsp3) is 0.545. The van der Waals surface area contributed by atoms with Gasteiger partial charge >= 0.3 is 0 Å². The number of rotatable bonds is 5. The van der Waals surface area contributed by atoms with E-state index in [1.165, 1.54) is 48.2 Å². The van der Waals surface area contributed by atoms with Gasteiger partial charge in [-0.2, -0.15) is 0 Å². The van der Waals surface area contributed by atoms with Crippen molar-refractivity contribution in [3.05, 3.63) is 47.3 Å². The fourth-order valence-corrected chi connectivity index (χ4v) is 6.72. The zero-order chi connectivity index (χ0) is 15.9. The topological polar surface area (TPSA) is 12.0 Å². The Kier molecular flexibility index (Phi) is 3.99. The van der Waals surface area contributed by atoms with E-state index in [0.29, 0.717) is 0 Å². The van der Waals surface area contributed by atoms with Gasteiger partial charge in [-0.15, -0.1) is 11.3 Å². The zero-order valence-electron chi connectivity index (χ0n) is 14.3. The molecule has 4 saturated carbocycles. The highest BCUT2D eigenvalue weighted by Crippen LogP contribution is 2.56. The Morgan fingerprint density at radius 3 is 2.21 bits per heavy atom. The number of hydrogen-bond acceptors (Lipinski definition) is 2. The van der Waals surface area contributed by atoms with Crippen LogP contribution in [-0.2, 0) is 6.54 Å². The summed E-state index contributed by atoms with van der Waals surface area (Å²) in [6.07, 6.45) is 7.71. The lowest BCUT2D eigenvalue weighted by Crippen LogP contribution is -2.48. The van der Waals surface area contributed by atoms with Gasteiger partial charge in [0.1, 0.15) is 0 Å². The third-order valence-corrected chi connectivity index (χ3v) is 7.81. The summed E-state index contributed by atoms with van der Waals surface area (Å²) in [5.41, 5.74) is 2.76. The average molecular weight is 338 g/mol. The number of benzene rings is 1. The molecule has 1 aromatic carbocycles. The molecule has 4 aliphatic carbocycles. The van der Waals surface area contributed by atoms with Crippen LogP contribution in [0.1, 0.15) is 37.7 Å². The maximum absolute atomic E-state index is 3.79. The minimum atomic E-state index is 0.961. The van der Waals surface area contributed by atoms with E-state index in [0.717, 1.165) is 36.1 Å². The van der Waals surface area contributed by atoms with E-state index in [-0.39, 0.29) is 0 Å². The van der Waals surface area contributed by atoms with E-state index in [1.54, 1.807) is 6.42 Å². The number of hydrogen-bond donors (Lipinski definition) is 1. The number of nitrogens with one attached hydrogen (secondary N) is 1. The smallest absolute Gasteiger partial charge is 0.0342 e. The van der Waals surface area contributed by atoms with E-state index >= 15 is 0 Å². The summed E-state index contributed by atoms with van der Waals surface area (Å²) < 4.78 is 0. The molecule has 6 rings (SSSR count). The lowest BCUT2D eigenvalue weighted by Gasteiger charge is -2.54. The van der Waals surface area contributed by atoms with Crippen LogP contribution in [0, 0.1) is 29.6 Å². The molecule has 2 aromatic rings. The van der Waals surface area contributed by atoms with Gasteiger partial charge in [-0.3, -0.25) is 0 Å². The Balaban J connectivity index is 1.17. The summed E-state index contributed by atoms with van der Waals surface area (Å²) in [4.78, 5) is 1.36. The van der Waals surface area contributed by atoms with Crippen molar-refractivity contribution in [1.29, 1.82) is 0 Å². The van der Waals surface area contributed by atoms with Crippen LogP contribution in [0.2, 0.25) is 0 Å². The van der Waals surface area contributed by atoms with Crippen LogP contribution in [0.4, 0.5) is 0 Å². The Bertz CT molecular complexity index is 645. The summed E-state index contributed by atoms with van der Waals surface area (Å²) in [6, 6.07) is 13.4. The number of thiophene rings is 1. The SMILES string of the molecule is c1csc(-c2ccc(CNCC3C4CC5CC(C4)CC3C5)cc2)c1. The predicted molar refractivity (Wildman–Crippen MR) is 102 cm³/mol. The van der Waals surface area contributed by atoms with Crippen LogP contribution in [-0.4, -0.2) is 6.54 Å². The summed E-state index contributed by atoms with van der Waals surface area (Å²) in [5, 5.41) is 5.94. The predicted octanol–water partition coefficient (Wildman–Crippen LogP) is 5.58. The summed E-state index contributed by atoms with van der Waals surface area (Å²) in [6.45, 7) is 2.26. The van der Waals surface area contributed by atoms with Crippen molar-refractivity contribution in [2.45, 2.75) is 38.6 Å². The molecule has 24 heavy (non-hydrogen) atoms. The summed E-state index contributed by atoms with van der Waals surface area (Å²) >= 11 is 1.82. The largest absolute Gasteiger partial charge is 0.312 e. The van der Waals surface area contributed by atoms with Crippen LogP contribution in [0.15, 0.2) is 41.8 Å². The lowest BCUT2D eigenvalue weighted by atomic mass is 9.52.